The van der Waals surface area contributed by atoms with Crippen LogP contribution in [-0.2, 0) is 16.6 Å². The largest absolute Gasteiger partial charge is 0.496 e. The Balaban J connectivity index is 1.83. The van der Waals surface area contributed by atoms with Gasteiger partial charge < -0.3 is 14.0 Å². The van der Waals surface area contributed by atoms with Crippen LogP contribution >= 0.6 is 22.9 Å². The molecule has 0 bridgehead atoms. The Bertz CT molecular complexity index is 1760. The van der Waals surface area contributed by atoms with E-state index in [0.29, 0.717) is 31.4 Å². The number of aromatic nitrogens is 2. The van der Waals surface area contributed by atoms with Crippen LogP contribution in [-0.4, -0.2) is 29.3 Å². The molecule has 0 fully saturated rings. The summed E-state index contributed by atoms with van der Waals surface area (Å²) in [7, 11) is 4.85. The maximum absolute atomic E-state index is 13.9. The first kappa shape index (κ1) is 24.1. The molecule has 9 heteroatoms. The Labute approximate surface area is 216 Å². The molecule has 184 valence electrons. The van der Waals surface area contributed by atoms with Crippen LogP contribution in [0.25, 0.3) is 17.0 Å². The quantitative estimate of drug-likeness (QED) is 0.382. The van der Waals surface area contributed by atoms with Crippen LogP contribution in [0.3, 0.4) is 0 Å². The van der Waals surface area contributed by atoms with Crippen molar-refractivity contribution in [2.75, 3.05) is 14.2 Å². The smallest absolute Gasteiger partial charge is 0.338 e. The lowest BCUT2D eigenvalue weighted by atomic mass is 9.95. The molecule has 5 rings (SSSR count). The Morgan fingerprint density at radius 2 is 1.92 bits per heavy atom. The Hall–Kier alpha value is -3.62. The molecule has 0 saturated heterocycles. The van der Waals surface area contributed by atoms with Gasteiger partial charge in [0.15, 0.2) is 4.80 Å². The Kier molecular flexibility index (Phi) is 6.10. The lowest BCUT2D eigenvalue weighted by Gasteiger charge is -2.25. The van der Waals surface area contributed by atoms with Crippen LogP contribution < -0.4 is 19.6 Å². The second-order valence-corrected chi connectivity index (χ2v) is 9.98. The molecule has 0 spiro atoms. The van der Waals surface area contributed by atoms with Crippen molar-refractivity contribution in [2.24, 2.45) is 12.0 Å². The molecule has 36 heavy (non-hydrogen) atoms. The minimum atomic E-state index is -0.807. The van der Waals surface area contributed by atoms with Crippen molar-refractivity contribution in [3.63, 3.8) is 0 Å². The van der Waals surface area contributed by atoms with E-state index in [2.05, 4.69) is 15.6 Å². The SMILES string of the molecule is COC(=O)C1=C(C)N=c2s/c(=C\c3c(C)n(C)c4ccccc34)c(=O)n2[C@@H]1c1cc(Cl)ccc1OC. The number of esters is 1. The third-order valence-electron chi connectivity index (χ3n) is 6.64. The van der Waals surface area contributed by atoms with Gasteiger partial charge >= 0.3 is 5.97 Å². The van der Waals surface area contributed by atoms with Crippen molar-refractivity contribution >= 4 is 45.9 Å². The molecule has 7 nitrogen and oxygen atoms in total. The van der Waals surface area contributed by atoms with Crippen LogP contribution in [0.5, 0.6) is 5.75 Å². The van der Waals surface area contributed by atoms with Crippen molar-refractivity contribution in [1.82, 2.24) is 9.13 Å². The van der Waals surface area contributed by atoms with Crippen molar-refractivity contribution in [3.05, 3.63) is 95.3 Å². The Morgan fingerprint density at radius 3 is 2.64 bits per heavy atom. The third-order valence-corrected chi connectivity index (χ3v) is 7.86. The van der Waals surface area contributed by atoms with Gasteiger partial charge in [0.2, 0.25) is 0 Å². The molecule has 0 amide bonds. The van der Waals surface area contributed by atoms with Crippen molar-refractivity contribution < 1.29 is 14.3 Å². The fourth-order valence-electron chi connectivity index (χ4n) is 4.77. The van der Waals surface area contributed by atoms with E-state index in [9.17, 15) is 9.59 Å². The lowest BCUT2D eigenvalue weighted by Crippen LogP contribution is -2.40. The van der Waals surface area contributed by atoms with Crippen LogP contribution in [0.1, 0.15) is 29.8 Å². The highest BCUT2D eigenvalue weighted by Gasteiger charge is 2.35. The number of thiazole rings is 1. The second kappa shape index (κ2) is 9.11. The number of hydrogen-bond acceptors (Lipinski definition) is 6. The van der Waals surface area contributed by atoms with E-state index in [4.69, 9.17) is 21.1 Å². The Morgan fingerprint density at radius 1 is 1.17 bits per heavy atom. The summed E-state index contributed by atoms with van der Waals surface area (Å²) in [5.74, 6) is -0.0672. The first-order chi connectivity index (χ1) is 17.3. The first-order valence-corrected chi connectivity index (χ1v) is 12.4. The topological polar surface area (TPSA) is 74.8 Å². The zero-order valence-corrected chi connectivity index (χ0v) is 22.0. The van der Waals surface area contributed by atoms with Crippen LogP contribution in [0.15, 0.2) is 63.5 Å². The van der Waals surface area contributed by atoms with Crippen LogP contribution in [0, 0.1) is 6.92 Å². The lowest BCUT2D eigenvalue weighted by molar-refractivity contribution is -0.136. The zero-order chi connectivity index (χ0) is 25.7. The van der Waals surface area contributed by atoms with E-state index >= 15 is 0 Å². The van der Waals surface area contributed by atoms with Crippen molar-refractivity contribution in [2.45, 2.75) is 19.9 Å². The van der Waals surface area contributed by atoms with Gasteiger partial charge in [-0.1, -0.05) is 41.1 Å². The molecule has 1 aliphatic rings. The minimum absolute atomic E-state index is 0.257. The average Bonchev–Trinajstić information content (AvgIpc) is 3.31. The number of carbonyl (C=O) groups is 1. The van der Waals surface area contributed by atoms with Crippen molar-refractivity contribution in [1.29, 1.82) is 0 Å². The van der Waals surface area contributed by atoms with Gasteiger partial charge in [-0.3, -0.25) is 9.36 Å². The van der Waals surface area contributed by atoms with Gasteiger partial charge in [0.25, 0.3) is 5.56 Å². The molecule has 2 aromatic heterocycles. The number of halogens is 1. The molecular formula is C27H24ClN3O4S. The van der Waals surface area contributed by atoms with Crippen LogP contribution in [0.4, 0.5) is 0 Å². The predicted octanol–water partition coefficient (Wildman–Crippen LogP) is 3.87. The summed E-state index contributed by atoms with van der Waals surface area (Å²) < 4.78 is 14.8. The number of rotatable bonds is 4. The van der Waals surface area contributed by atoms with E-state index in [1.807, 2.05) is 38.2 Å². The number of methoxy groups -OCH3 is 2. The van der Waals surface area contributed by atoms with E-state index < -0.39 is 12.0 Å². The molecule has 3 heterocycles. The van der Waals surface area contributed by atoms with Crippen LogP contribution in [0.2, 0.25) is 5.02 Å². The predicted molar refractivity (Wildman–Crippen MR) is 141 cm³/mol. The minimum Gasteiger partial charge on any atom is -0.496 e. The summed E-state index contributed by atoms with van der Waals surface area (Å²) in [4.78, 5) is 32.0. The van der Waals surface area contributed by atoms with Gasteiger partial charge in [0, 0.05) is 39.8 Å². The number of fused-ring (bicyclic) bond motifs is 2. The number of allylic oxidation sites excluding steroid dienone is 1. The molecule has 0 radical (unpaired) electrons. The van der Waals surface area contributed by atoms with Gasteiger partial charge in [-0.25, -0.2) is 9.79 Å². The molecule has 0 aliphatic carbocycles. The van der Waals surface area contributed by atoms with Gasteiger partial charge in [0.1, 0.15) is 11.8 Å². The standard InChI is InChI=1S/C27H24ClN3O4S/c1-14-23(26(33)35-5)24(19-12-16(28)10-11-21(19)34-4)31-25(32)22(36-27(31)29-14)13-18-15(2)30(3)20-9-7-6-8-17(18)20/h6-13,24H,1-5H3/b22-13-/t24-/m1/s1. The number of carbonyl (C=O) groups excluding carboxylic acids is 1. The summed E-state index contributed by atoms with van der Waals surface area (Å²) in [6, 6.07) is 12.4. The monoisotopic (exact) mass is 521 g/mol. The molecule has 1 aliphatic heterocycles. The normalized spacial score (nSPS) is 15.7. The summed E-state index contributed by atoms with van der Waals surface area (Å²) in [5.41, 5.74) is 4.15. The zero-order valence-electron chi connectivity index (χ0n) is 20.5. The fourth-order valence-corrected chi connectivity index (χ4v) is 5.98. The van der Waals surface area contributed by atoms with E-state index in [-0.39, 0.29) is 11.1 Å². The first-order valence-electron chi connectivity index (χ1n) is 11.2. The third kappa shape index (κ3) is 3.68. The summed E-state index contributed by atoms with van der Waals surface area (Å²) in [6.45, 7) is 3.77. The molecule has 4 aromatic rings. The molecule has 1 atom stereocenters. The van der Waals surface area contributed by atoms with Gasteiger partial charge in [-0.05, 0) is 44.2 Å². The molecule has 0 unspecified atom stereocenters. The van der Waals surface area contributed by atoms with Gasteiger partial charge in [-0.15, -0.1) is 0 Å². The number of nitrogens with zero attached hydrogens (tertiary/aromatic N) is 3. The van der Waals surface area contributed by atoms with E-state index in [0.717, 1.165) is 22.2 Å². The summed E-state index contributed by atoms with van der Waals surface area (Å²) >= 11 is 7.62. The number of ether oxygens (including phenoxy) is 2. The highest BCUT2D eigenvalue weighted by molar-refractivity contribution is 7.07. The highest BCUT2D eigenvalue weighted by atomic mass is 35.5. The maximum Gasteiger partial charge on any atom is 0.338 e. The molecule has 0 saturated carbocycles. The van der Waals surface area contributed by atoms with Gasteiger partial charge in [0.05, 0.1) is 30.0 Å². The average molecular weight is 522 g/mol. The number of benzene rings is 2. The molecule has 0 N–H and O–H groups in total. The highest BCUT2D eigenvalue weighted by Crippen LogP contribution is 2.37. The van der Waals surface area contributed by atoms with E-state index in [1.165, 1.54) is 30.1 Å². The molecule has 2 aromatic carbocycles. The second-order valence-electron chi connectivity index (χ2n) is 8.53. The number of hydrogen-bond donors (Lipinski definition) is 0. The number of aryl methyl sites for hydroxylation is 1. The summed E-state index contributed by atoms with van der Waals surface area (Å²) in [5, 5.41) is 1.51. The van der Waals surface area contributed by atoms with Crippen molar-refractivity contribution in [3.8, 4) is 5.75 Å². The van der Waals surface area contributed by atoms with E-state index in [1.54, 1.807) is 25.1 Å². The van der Waals surface area contributed by atoms with Gasteiger partial charge in [-0.2, -0.15) is 0 Å². The fraction of sp³-hybridized carbons (Fsp3) is 0.222. The number of para-hydroxylation sites is 1. The maximum atomic E-state index is 13.9. The summed E-state index contributed by atoms with van der Waals surface area (Å²) in [6.07, 6.45) is 1.91. The molecular weight excluding hydrogens is 498 g/mol.